The lowest BCUT2D eigenvalue weighted by Crippen LogP contribution is -2.60. The fourth-order valence-corrected chi connectivity index (χ4v) is 4.93. The highest BCUT2D eigenvalue weighted by Gasteiger charge is 2.41. The lowest BCUT2D eigenvalue weighted by atomic mass is 9.86. The van der Waals surface area contributed by atoms with E-state index in [2.05, 4.69) is 79.0 Å². The number of anilines is 2. The Labute approximate surface area is 200 Å². The summed E-state index contributed by atoms with van der Waals surface area (Å²) in [6.45, 7) is 0. The van der Waals surface area contributed by atoms with Crippen molar-refractivity contribution >= 4 is 17.1 Å². The van der Waals surface area contributed by atoms with E-state index in [0.29, 0.717) is 0 Å². The van der Waals surface area contributed by atoms with Crippen LogP contribution in [0, 0.1) is 0 Å². The molecular weight excluding hydrogens is 426 g/mol. The molecule has 34 heavy (non-hydrogen) atoms. The number of para-hydroxylation sites is 1. The first-order chi connectivity index (χ1) is 16.4. The fraction of sp³-hybridized carbons (Fsp3) is 0.259. The van der Waals surface area contributed by atoms with Crippen LogP contribution >= 0.6 is 0 Å². The minimum Gasteiger partial charge on any atom is -0.496 e. The number of nitrogens with one attached hydrogen (secondary N) is 2. The van der Waals surface area contributed by atoms with Gasteiger partial charge in [-0.15, -0.1) is 0 Å². The topological polar surface area (TPSA) is 75.0 Å². The highest BCUT2D eigenvalue weighted by Crippen LogP contribution is 2.51. The minimum atomic E-state index is -0.626. The molecule has 1 unspecified atom stereocenters. The largest absolute Gasteiger partial charge is 0.496 e. The van der Waals surface area contributed by atoms with Gasteiger partial charge < -0.3 is 20.1 Å². The monoisotopic (exact) mass is 457 g/mol. The van der Waals surface area contributed by atoms with Gasteiger partial charge in [0.05, 0.1) is 12.7 Å². The second-order valence-electron chi connectivity index (χ2n) is 9.01. The Balaban J connectivity index is 1.77. The Morgan fingerprint density at radius 2 is 1.68 bits per heavy atom. The van der Waals surface area contributed by atoms with E-state index < -0.39 is 12.0 Å². The zero-order valence-electron chi connectivity index (χ0n) is 20.2. The molecule has 0 aliphatic carbocycles. The van der Waals surface area contributed by atoms with E-state index in [1.54, 1.807) is 7.11 Å². The van der Waals surface area contributed by atoms with E-state index in [1.807, 2.05) is 36.4 Å². The molecule has 2 heterocycles. The van der Waals surface area contributed by atoms with Crippen LogP contribution in [0.4, 0.5) is 11.4 Å². The summed E-state index contributed by atoms with van der Waals surface area (Å²) in [5.74, 6) is 0.931. The molecule has 3 aromatic carbocycles. The smallest absolute Gasteiger partial charge is 0.175 e. The van der Waals surface area contributed by atoms with Crippen molar-refractivity contribution < 1.29 is 9.47 Å². The molecule has 0 fully saturated rings. The van der Waals surface area contributed by atoms with E-state index in [0.717, 1.165) is 50.8 Å². The van der Waals surface area contributed by atoms with Crippen molar-refractivity contribution in [1.29, 1.82) is 0 Å². The first-order valence-electron chi connectivity index (χ1n) is 11.3. The number of nitrogens with zero attached hydrogens (tertiary/aromatic N) is 2. The maximum absolute atomic E-state index is 6.65. The van der Waals surface area contributed by atoms with Gasteiger partial charge in [0, 0.05) is 28.2 Å². The third kappa shape index (κ3) is 3.40. The molecule has 0 bridgehead atoms. The maximum Gasteiger partial charge on any atom is 0.175 e. The van der Waals surface area contributed by atoms with Crippen LogP contribution < -0.4 is 25.8 Å². The molecule has 0 amide bonds. The van der Waals surface area contributed by atoms with Gasteiger partial charge in [0.15, 0.2) is 12.0 Å². The second-order valence-corrected chi connectivity index (χ2v) is 9.01. The molecule has 0 saturated heterocycles. The third-order valence-electron chi connectivity index (χ3n) is 6.61. The van der Waals surface area contributed by atoms with Crippen molar-refractivity contribution in [2.45, 2.75) is 12.0 Å². The quantitative estimate of drug-likeness (QED) is 0.491. The van der Waals surface area contributed by atoms with Gasteiger partial charge in [0.2, 0.25) is 0 Å². The van der Waals surface area contributed by atoms with Crippen LogP contribution in [-0.4, -0.2) is 50.9 Å². The molecule has 5 rings (SSSR count). The average Bonchev–Trinajstić information content (AvgIpc) is 2.83. The van der Waals surface area contributed by atoms with E-state index in [9.17, 15) is 0 Å². The molecule has 3 aromatic rings. The van der Waals surface area contributed by atoms with Gasteiger partial charge in [-0.25, -0.2) is 0 Å². The number of ether oxygens (including phenoxy) is 2. The summed E-state index contributed by atoms with van der Waals surface area (Å²) in [4.78, 5) is 4.30. The molecule has 0 aromatic heterocycles. The summed E-state index contributed by atoms with van der Waals surface area (Å²) in [6.07, 6.45) is 1.58. The van der Waals surface area contributed by atoms with Gasteiger partial charge in [-0.3, -0.25) is 15.5 Å². The normalized spacial score (nSPS) is 17.6. The first kappa shape index (κ1) is 22.3. The molecule has 0 radical (unpaired) electrons. The van der Waals surface area contributed by atoms with Crippen LogP contribution in [0.3, 0.4) is 0 Å². The zero-order chi connectivity index (χ0) is 24.0. The van der Waals surface area contributed by atoms with Gasteiger partial charge in [-0.05, 0) is 70.2 Å². The predicted molar refractivity (Wildman–Crippen MR) is 138 cm³/mol. The Morgan fingerprint density at radius 3 is 2.35 bits per heavy atom. The fourth-order valence-electron chi connectivity index (χ4n) is 4.93. The Kier molecular flexibility index (Phi) is 5.48. The summed E-state index contributed by atoms with van der Waals surface area (Å²) < 4.78 is 11.9. The number of methoxy groups -OCH3 is 1. The number of benzene rings is 3. The van der Waals surface area contributed by atoms with E-state index >= 15 is 0 Å². The lowest BCUT2D eigenvalue weighted by molar-refractivity contribution is 0.0774. The number of rotatable bonds is 5. The highest BCUT2D eigenvalue weighted by molar-refractivity contribution is 5.94. The lowest BCUT2D eigenvalue weighted by Gasteiger charge is -2.47. The third-order valence-corrected chi connectivity index (χ3v) is 6.61. The Hall–Kier alpha value is -3.52. The van der Waals surface area contributed by atoms with Crippen molar-refractivity contribution in [3.8, 4) is 22.6 Å². The van der Waals surface area contributed by atoms with Crippen LogP contribution in [0.25, 0.3) is 16.8 Å². The van der Waals surface area contributed by atoms with Gasteiger partial charge in [0.25, 0.3) is 0 Å². The maximum atomic E-state index is 6.65. The van der Waals surface area contributed by atoms with Crippen LogP contribution in [0.1, 0.15) is 17.4 Å². The van der Waals surface area contributed by atoms with Crippen LogP contribution in [0.5, 0.6) is 11.5 Å². The number of hydrogen-bond acceptors (Lipinski definition) is 7. The molecule has 2 aliphatic rings. The first-order valence-corrected chi connectivity index (χ1v) is 11.3. The zero-order valence-corrected chi connectivity index (χ0v) is 20.2. The molecule has 7 heteroatoms. The van der Waals surface area contributed by atoms with Gasteiger partial charge in [-0.1, -0.05) is 30.3 Å². The summed E-state index contributed by atoms with van der Waals surface area (Å²) in [5, 5.41) is 7.39. The molecule has 2 aliphatic heterocycles. The van der Waals surface area contributed by atoms with Crippen molar-refractivity contribution in [3.63, 3.8) is 0 Å². The second kappa shape index (κ2) is 8.36. The van der Waals surface area contributed by atoms with E-state index in [-0.39, 0.29) is 0 Å². The molecule has 7 nitrogen and oxygen atoms in total. The standard InChI is InChI=1S/C27H31N5O2/c1-31(2)27(32(3)4)16-20(29-17-10-7-6-8-11-17)25-19(30-27)15-14-18-23-21(33-5)12-9-13-22(23)34-26(28)24(18)25/h6-16,26,29-30H,28H2,1-5H3. The van der Waals surface area contributed by atoms with Crippen LogP contribution in [0.2, 0.25) is 0 Å². The average molecular weight is 458 g/mol. The molecule has 1 atom stereocenters. The van der Waals surface area contributed by atoms with Crippen molar-refractivity contribution in [1.82, 2.24) is 9.80 Å². The Morgan fingerprint density at radius 1 is 0.941 bits per heavy atom. The van der Waals surface area contributed by atoms with Gasteiger partial charge >= 0.3 is 0 Å². The molecule has 4 N–H and O–H groups in total. The molecule has 0 spiro atoms. The van der Waals surface area contributed by atoms with Gasteiger partial charge in [0.1, 0.15) is 11.5 Å². The van der Waals surface area contributed by atoms with Gasteiger partial charge in [-0.2, -0.15) is 0 Å². The molecule has 0 saturated carbocycles. The number of nitrogens with two attached hydrogens (primary N) is 1. The molecule has 176 valence electrons. The molecular formula is C27H31N5O2. The highest BCUT2D eigenvalue weighted by atomic mass is 16.5. The van der Waals surface area contributed by atoms with E-state index in [4.69, 9.17) is 15.2 Å². The number of likely N-dealkylation sites (N-methyl/N-ethyl adjacent to an activating group) is 2. The van der Waals surface area contributed by atoms with E-state index in [1.165, 1.54) is 0 Å². The summed E-state index contributed by atoms with van der Waals surface area (Å²) in [6, 6.07) is 20.2. The Bertz CT molecular complexity index is 1250. The number of fused-ring (bicyclic) bond motifs is 5. The van der Waals surface area contributed by atoms with Crippen molar-refractivity contribution in [2.75, 3.05) is 45.9 Å². The van der Waals surface area contributed by atoms with Crippen molar-refractivity contribution in [3.05, 3.63) is 77.9 Å². The van der Waals surface area contributed by atoms with Crippen LogP contribution in [0.15, 0.2) is 66.7 Å². The van der Waals surface area contributed by atoms with Crippen LogP contribution in [-0.2, 0) is 0 Å². The summed E-state index contributed by atoms with van der Waals surface area (Å²) in [5.41, 5.74) is 13.4. The van der Waals surface area contributed by atoms with Crippen molar-refractivity contribution in [2.24, 2.45) is 5.73 Å². The SMILES string of the molecule is COc1cccc2c1-c1ccc3c(c1C(N)O2)C(Nc1ccccc1)=CC(N(C)C)(N(C)C)N3. The summed E-state index contributed by atoms with van der Waals surface area (Å²) >= 11 is 0. The summed E-state index contributed by atoms with van der Waals surface area (Å²) in [7, 11) is 9.91. The number of hydrogen-bond donors (Lipinski definition) is 3. The minimum absolute atomic E-state index is 0.548. The predicted octanol–water partition coefficient (Wildman–Crippen LogP) is 4.37.